The summed E-state index contributed by atoms with van der Waals surface area (Å²) < 4.78 is 6.12. The van der Waals surface area contributed by atoms with Crippen molar-refractivity contribution >= 4 is 39.6 Å². The summed E-state index contributed by atoms with van der Waals surface area (Å²) in [6.45, 7) is 0. The van der Waals surface area contributed by atoms with E-state index in [-0.39, 0.29) is 5.29 Å². The van der Waals surface area contributed by atoms with Crippen molar-refractivity contribution in [1.82, 2.24) is 5.01 Å². The number of anilines is 1. The number of carbonyl (C=O) groups is 1. The first-order chi connectivity index (χ1) is 12.7. The van der Waals surface area contributed by atoms with Gasteiger partial charge in [0.1, 0.15) is 5.75 Å². The highest BCUT2D eigenvalue weighted by molar-refractivity contribution is 6.68. The molecule has 0 saturated carbocycles. The van der Waals surface area contributed by atoms with E-state index in [2.05, 4.69) is 11.2 Å². The minimum atomic E-state index is -0.608. The van der Waals surface area contributed by atoms with Crippen molar-refractivity contribution in [2.75, 3.05) is 11.9 Å². The molecule has 0 bridgehead atoms. The van der Waals surface area contributed by atoms with Crippen molar-refractivity contribution in [3.8, 4) is 11.5 Å². The average molecular weight is 366 g/mol. The van der Waals surface area contributed by atoms with E-state index >= 15 is 0 Å². The number of benzene rings is 3. The van der Waals surface area contributed by atoms with Crippen LogP contribution >= 0.6 is 11.6 Å². The van der Waals surface area contributed by atoms with Crippen LogP contribution in [0.1, 0.15) is 0 Å². The first-order valence-electron chi connectivity index (χ1n) is 8.14. The summed E-state index contributed by atoms with van der Waals surface area (Å²) in [6, 6.07) is 21.4. The third-order valence-electron chi connectivity index (χ3n) is 4.28. The van der Waals surface area contributed by atoms with E-state index in [0.717, 1.165) is 17.1 Å². The molecule has 1 atom stereocenters. The lowest BCUT2D eigenvalue weighted by Gasteiger charge is -2.26. The largest absolute Gasteiger partial charge is 0.455 e. The van der Waals surface area contributed by atoms with Crippen LogP contribution < -0.4 is 9.64 Å². The van der Waals surface area contributed by atoms with Crippen LogP contribution in [0.15, 0.2) is 71.8 Å². The zero-order valence-electron chi connectivity index (χ0n) is 14.0. The number of hydrazone groups is 1. The topological polar surface area (TPSA) is 45.1 Å². The van der Waals surface area contributed by atoms with E-state index in [1.54, 1.807) is 11.9 Å². The standard InChI is InChI=1S/C20H16ClN3O2/c1-23-19(13-25)24(20(21)22-23)17-8-4-5-9-18(17)26-16-11-10-14-6-2-3-7-15(14)12-16/h2-13,19H,1H3. The molecule has 3 aromatic rings. The van der Waals surface area contributed by atoms with Crippen molar-refractivity contribution in [3.05, 3.63) is 66.7 Å². The third kappa shape index (κ3) is 2.86. The molecule has 3 aromatic carbocycles. The van der Waals surface area contributed by atoms with Gasteiger partial charge in [-0.15, -0.1) is 5.10 Å². The maximum Gasteiger partial charge on any atom is 0.223 e. The van der Waals surface area contributed by atoms with E-state index in [1.807, 2.05) is 60.7 Å². The van der Waals surface area contributed by atoms with Crippen LogP contribution in [0.4, 0.5) is 5.69 Å². The molecule has 0 aliphatic carbocycles. The zero-order chi connectivity index (χ0) is 18.1. The van der Waals surface area contributed by atoms with Gasteiger partial charge in [-0.3, -0.25) is 14.7 Å². The molecule has 1 heterocycles. The fourth-order valence-electron chi connectivity index (χ4n) is 3.00. The molecule has 4 rings (SSSR count). The van der Waals surface area contributed by atoms with Crippen molar-refractivity contribution in [2.45, 2.75) is 6.17 Å². The van der Waals surface area contributed by atoms with Gasteiger partial charge >= 0.3 is 0 Å². The Morgan fingerprint density at radius 1 is 1.04 bits per heavy atom. The second-order valence-electron chi connectivity index (χ2n) is 5.94. The molecule has 130 valence electrons. The Labute approximate surface area is 156 Å². The third-order valence-corrected chi connectivity index (χ3v) is 4.54. The molecule has 0 N–H and O–H groups in total. The molecule has 1 unspecified atom stereocenters. The highest BCUT2D eigenvalue weighted by atomic mass is 35.5. The number of fused-ring (bicyclic) bond motifs is 1. The van der Waals surface area contributed by atoms with Gasteiger partial charge in [-0.1, -0.05) is 42.5 Å². The smallest absolute Gasteiger partial charge is 0.223 e. The van der Waals surface area contributed by atoms with Gasteiger partial charge in [-0.05, 0) is 46.6 Å². The summed E-state index contributed by atoms with van der Waals surface area (Å²) in [7, 11) is 1.70. The molecule has 0 saturated heterocycles. The lowest BCUT2D eigenvalue weighted by atomic mass is 10.1. The Morgan fingerprint density at radius 3 is 2.58 bits per heavy atom. The first-order valence-corrected chi connectivity index (χ1v) is 8.52. The Hall–Kier alpha value is -3.05. The van der Waals surface area contributed by atoms with Crippen LogP contribution in [0.25, 0.3) is 10.8 Å². The number of nitrogens with zero attached hydrogens (tertiary/aromatic N) is 3. The van der Waals surface area contributed by atoms with Crippen LogP contribution in [0.5, 0.6) is 11.5 Å². The van der Waals surface area contributed by atoms with Crippen molar-refractivity contribution in [2.24, 2.45) is 5.10 Å². The number of amidine groups is 1. The number of para-hydroxylation sites is 2. The lowest BCUT2D eigenvalue weighted by molar-refractivity contribution is -0.111. The summed E-state index contributed by atoms with van der Waals surface area (Å²) in [5, 5.41) is 8.12. The van der Waals surface area contributed by atoms with Gasteiger partial charge in [-0.2, -0.15) is 0 Å². The summed E-state index contributed by atoms with van der Waals surface area (Å²) in [4.78, 5) is 13.2. The second-order valence-corrected chi connectivity index (χ2v) is 6.28. The van der Waals surface area contributed by atoms with Crippen LogP contribution in [0.3, 0.4) is 0 Å². The first kappa shape index (κ1) is 16.4. The molecule has 0 radical (unpaired) electrons. The van der Waals surface area contributed by atoms with E-state index in [9.17, 15) is 4.79 Å². The number of rotatable bonds is 4. The Balaban J connectivity index is 1.71. The van der Waals surface area contributed by atoms with Crippen molar-refractivity contribution in [1.29, 1.82) is 0 Å². The molecule has 6 heteroatoms. The fraction of sp³-hybridized carbons (Fsp3) is 0.100. The van der Waals surface area contributed by atoms with Gasteiger partial charge in [0.05, 0.1) is 5.69 Å². The number of hydrogen-bond donors (Lipinski definition) is 0. The molecular weight excluding hydrogens is 350 g/mol. The number of ether oxygens (including phenoxy) is 1. The van der Waals surface area contributed by atoms with Crippen LogP contribution in [0, 0.1) is 0 Å². The van der Waals surface area contributed by atoms with Crippen LogP contribution in [0.2, 0.25) is 0 Å². The summed E-state index contributed by atoms with van der Waals surface area (Å²) >= 11 is 6.25. The molecule has 1 aliphatic rings. The van der Waals surface area contributed by atoms with Gasteiger partial charge in [0.25, 0.3) is 0 Å². The fourth-order valence-corrected chi connectivity index (χ4v) is 3.32. The predicted molar refractivity (Wildman–Crippen MR) is 104 cm³/mol. The average Bonchev–Trinajstić information content (AvgIpc) is 2.95. The molecule has 0 aromatic heterocycles. The Bertz CT molecular complexity index is 1010. The number of likely N-dealkylation sites (N-methyl/N-ethyl adjacent to an activating group) is 1. The van der Waals surface area contributed by atoms with Gasteiger partial charge in [0.15, 0.2) is 18.2 Å². The minimum Gasteiger partial charge on any atom is -0.455 e. The predicted octanol–water partition coefficient (Wildman–Crippen LogP) is 4.42. The molecule has 0 fully saturated rings. The highest BCUT2D eigenvalue weighted by Gasteiger charge is 2.33. The van der Waals surface area contributed by atoms with Crippen LogP contribution in [-0.2, 0) is 4.79 Å². The highest BCUT2D eigenvalue weighted by Crippen LogP contribution is 2.36. The summed E-state index contributed by atoms with van der Waals surface area (Å²) in [5.74, 6) is 1.30. The maximum absolute atomic E-state index is 11.5. The maximum atomic E-state index is 11.5. The molecule has 26 heavy (non-hydrogen) atoms. The number of carbonyl (C=O) groups excluding carboxylic acids is 1. The van der Waals surface area contributed by atoms with Gasteiger partial charge < -0.3 is 4.74 Å². The van der Waals surface area contributed by atoms with Crippen LogP contribution in [-0.4, -0.2) is 29.8 Å². The molecule has 0 amide bonds. The SMILES string of the molecule is CN1N=C(Cl)N(c2ccccc2Oc2ccc3ccccc3c2)C1C=O. The van der Waals surface area contributed by atoms with Gasteiger partial charge in [0, 0.05) is 7.05 Å². The normalized spacial score (nSPS) is 16.7. The van der Waals surface area contributed by atoms with E-state index in [0.29, 0.717) is 17.2 Å². The number of hydrogen-bond acceptors (Lipinski definition) is 5. The Morgan fingerprint density at radius 2 is 1.77 bits per heavy atom. The summed E-state index contributed by atoms with van der Waals surface area (Å²) in [5.41, 5.74) is 0.677. The second kappa shape index (κ2) is 6.69. The van der Waals surface area contributed by atoms with Crippen molar-refractivity contribution < 1.29 is 9.53 Å². The summed E-state index contributed by atoms with van der Waals surface area (Å²) in [6.07, 6.45) is 0.190. The minimum absolute atomic E-state index is 0.221. The van der Waals surface area contributed by atoms with Crippen molar-refractivity contribution in [3.63, 3.8) is 0 Å². The molecule has 5 nitrogen and oxygen atoms in total. The lowest BCUT2D eigenvalue weighted by Crippen LogP contribution is -2.41. The van der Waals surface area contributed by atoms with Gasteiger partial charge in [-0.25, -0.2) is 0 Å². The van der Waals surface area contributed by atoms with E-state index in [1.165, 1.54) is 5.01 Å². The molecule has 0 spiro atoms. The van der Waals surface area contributed by atoms with E-state index < -0.39 is 6.17 Å². The van der Waals surface area contributed by atoms with Gasteiger partial charge in [0.2, 0.25) is 5.29 Å². The molecular formula is C20H16ClN3O2. The number of aldehydes is 1. The zero-order valence-corrected chi connectivity index (χ0v) is 14.8. The quantitative estimate of drug-likeness (QED) is 0.507. The Kier molecular flexibility index (Phi) is 4.22. The molecule has 1 aliphatic heterocycles. The van der Waals surface area contributed by atoms with E-state index in [4.69, 9.17) is 16.3 Å². The monoisotopic (exact) mass is 365 g/mol. The number of halogens is 1.